The molecule has 7 heteroatoms. The highest BCUT2D eigenvalue weighted by atomic mass is 32.1. The van der Waals surface area contributed by atoms with Crippen LogP contribution in [-0.4, -0.2) is 57.4 Å². The normalized spacial score (nSPS) is 25.7. The summed E-state index contributed by atoms with van der Waals surface area (Å²) >= 11 is 1.58. The smallest absolute Gasteiger partial charge is 0.309 e. The van der Waals surface area contributed by atoms with E-state index >= 15 is 0 Å². The zero-order valence-corrected chi connectivity index (χ0v) is 12.8. The highest BCUT2D eigenvalue weighted by molar-refractivity contribution is 7.07. The van der Waals surface area contributed by atoms with E-state index in [1.165, 1.54) is 0 Å². The van der Waals surface area contributed by atoms with Crippen molar-refractivity contribution >= 4 is 23.2 Å². The Labute approximate surface area is 127 Å². The van der Waals surface area contributed by atoms with Crippen LogP contribution in [0.1, 0.15) is 25.0 Å². The zero-order valence-electron chi connectivity index (χ0n) is 12.0. The quantitative estimate of drug-likeness (QED) is 0.903. The van der Waals surface area contributed by atoms with Gasteiger partial charge in [0, 0.05) is 38.5 Å². The molecular weight excluding hydrogens is 290 g/mol. The molecule has 1 aromatic heterocycles. The lowest BCUT2D eigenvalue weighted by atomic mass is 9.77. The topological polar surface area (TPSA) is 73.7 Å². The minimum atomic E-state index is -0.847. The highest BCUT2D eigenvalue weighted by Gasteiger charge is 2.55. The van der Waals surface area contributed by atoms with Crippen molar-refractivity contribution in [2.75, 3.05) is 20.1 Å². The monoisotopic (exact) mass is 309 g/mol. The fraction of sp³-hybridized carbons (Fsp3) is 0.643. The van der Waals surface area contributed by atoms with Crippen LogP contribution in [0.5, 0.6) is 0 Å². The zero-order chi connectivity index (χ0) is 15.0. The largest absolute Gasteiger partial charge is 0.481 e. The van der Waals surface area contributed by atoms with Gasteiger partial charge < -0.3 is 10.0 Å². The van der Waals surface area contributed by atoms with E-state index in [0.717, 1.165) is 38.2 Å². The molecule has 2 aliphatic rings. The standard InChI is InChI=1S/C14H19N3O3S/c1-16-12(18)6-11(13(19)20)14(16)2-4-17(5-3-14)7-10-8-21-9-15-10/h8-9,11H,2-7H2,1H3,(H,19,20)/t11-/m1/s1. The van der Waals surface area contributed by atoms with Crippen LogP contribution >= 0.6 is 11.3 Å². The molecule has 2 fully saturated rings. The Morgan fingerprint density at radius 1 is 1.52 bits per heavy atom. The van der Waals surface area contributed by atoms with Gasteiger partial charge in [0.25, 0.3) is 0 Å². The van der Waals surface area contributed by atoms with E-state index in [4.69, 9.17) is 0 Å². The Morgan fingerprint density at radius 2 is 2.24 bits per heavy atom. The number of nitrogens with zero attached hydrogens (tertiary/aromatic N) is 3. The van der Waals surface area contributed by atoms with Crippen molar-refractivity contribution in [3.8, 4) is 0 Å². The Bertz CT molecular complexity index is 538. The second kappa shape index (κ2) is 5.38. The molecule has 21 heavy (non-hydrogen) atoms. The summed E-state index contributed by atoms with van der Waals surface area (Å²) in [5, 5.41) is 11.5. The third-order valence-corrected chi connectivity index (χ3v) is 5.59. The van der Waals surface area contributed by atoms with Crippen LogP contribution in [0.2, 0.25) is 0 Å². The van der Waals surface area contributed by atoms with E-state index in [2.05, 4.69) is 9.88 Å². The Hall–Kier alpha value is -1.47. The van der Waals surface area contributed by atoms with Crippen molar-refractivity contribution in [2.24, 2.45) is 5.92 Å². The summed E-state index contributed by atoms with van der Waals surface area (Å²) in [6.07, 6.45) is 1.57. The fourth-order valence-corrected chi connectivity index (χ4v) is 4.18. The van der Waals surface area contributed by atoms with Crippen molar-refractivity contribution in [3.63, 3.8) is 0 Å². The van der Waals surface area contributed by atoms with Gasteiger partial charge in [-0.05, 0) is 12.8 Å². The van der Waals surface area contributed by atoms with Gasteiger partial charge in [0.1, 0.15) is 0 Å². The lowest BCUT2D eigenvalue weighted by molar-refractivity contribution is -0.146. The number of carbonyl (C=O) groups is 2. The molecule has 0 bridgehead atoms. The number of hydrogen-bond donors (Lipinski definition) is 1. The number of likely N-dealkylation sites (tertiary alicyclic amines) is 2. The third-order valence-electron chi connectivity index (χ3n) is 4.96. The van der Waals surface area contributed by atoms with Crippen LogP contribution in [0.25, 0.3) is 0 Å². The van der Waals surface area contributed by atoms with Gasteiger partial charge in [0.15, 0.2) is 0 Å². The van der Waals surface area contributed by atoms with Crippen LogP contribution in [0, 0.1) is 5.92 Å². The third kappa shape index (κ3) is 2.44. The maximum Gasteiger partial charge on any atom is 0.309 e. The number of aromatic nitrogens is 1. The molecule has 0 aromatic carbocycles. The minimum absolute atomic E-state index is 0.0460. The number of thiazole rings is 1. The molecule has 6 nitrogen and oxygen atoms in total. The molecule has 0 radical (unpaired) electrons. The van der Waals surface area contributed by atoms with Crippen LogP contribution in [0.15, 0.2) is 10.9 Å². The molecule has 1 aromatic rings. The number of hydrogen-bond acceptors (Lipinski definition) is 5. The molecule has 3 heterocycles. The molecule has 0 saturated carbocycles. The summed E-state index contributed by atoms with van der Waals surface area (Å²) in [6, 6.07) is 0. The molecule has 0 unspecified atom stereocenters. The number of carboxylic acid groups (broad SMARTS) is 1. The van der Waals surface area contributed by atoms with Gasteiger partial charge in [-0.15, -0.1) is 11.3 Å². The number of carboxylic acids is 1. The molecule has 114 valence electrons. The summed E-state index contributed by atoms with van der Waals surface area (Å²) in [4.78, 5) is 31.7. The maximum atomic E-state index is 11.9. The summed E-state index contributed by atoms with van der Waals surface area (Å²) in [6.45, 7) is 2.41. The van der Waals surface area contributed by atoms with E-state index < -0.39 is 17.4 Å². The van der Waals surface area contributed by atoms with Crippen molar-refractivity contribution in [3.05, 3.63) is 16.6 Å². The first-order chi connectivity index (χ1) is 10.0. The number of amides is 1. The second-order valence-corrected chi connectivity index (χ2v) is 6.63. The van der Waals surface area contributed by atoms with Crippen molar-refractivity contribution in [2.45, 2.75) is 31.3 Å². The van der Waals surface area contributed by atoms with Gasteiger partial charge in [-0.25, -0.2) is 4.98 Å². The van der Waals surface area contributed by atoms with Gasteiger partial charge in [-0.3, -0.25) is 14.5 Å². The van der Waals surface area contributed by atoms with Crippen LogP contribution in [0.3, 0.4) is 0 Å². The molecule has 3 rings (SSSR count). The molecule has 1 N–H and O–H groups in total. The Kier molecular flexibility index (Phi) is 3.71. The first-order valence-electron chi connectivity index (χ1n) is 7.12. The number of piperidine rings is 1. The highest BCUT2D eigenvalue weighted by Crippen LogP contribution is 2.42. The molecule has 1 spiro atoms. The molecule has 1 amide bonds. The molecule has 0 aliphatic carbocycles. The minimum Gasteiger partial charge on any atom is -0.481 e. The Morgan fingerprint density at radius 3 is 2.81 bits per heavy atom. The van der Waals surface area contributed by atoms with E-state index in [0.29, 0.717) is 0 Å². The second-order valence-electron chi connectivity index (χ2n) is 5.91. The van der Waals surface area contributed by atoms with Gasteiger partial charge in [0.05, 0.1) is 22.7 Å². The predicted octanol–water partition coefficient (Wildman–Crippen LogP) is 1.04. The van der Waals surface area contributed by atoms with Crippen molar-refractivity contribution in [1.82, 2.24) is 14.8 Å². The van der Waals surface area contributed by atoms with Gasteiger partial charge in [-0.2, -0.15) is 0 Å². The van der Waals surface area contributed by atoms with Gasteiger partial charge in [0.2, 0.25) is 5.91 Å². The molecule has 1 atom stereocenters. The van der Waals surface area contributed by atoms with E-state index in [9.17, 15) is 14.7 Å². The van der Waals surface area contributed by atoms with Gasteiger partial charge >= 0.3 is 5.97 Å². The molecule has 2 saturated heterocycles. The number of aliphatic carboxylic acids is 1. The lowest BCUT2D eigenvalue weighted by Crippen LogP contribution is -2.55. The van der Waals surface area contributed by atoms with E-state index in [1.54, 1.807) is 23.3 Å². The maximum absolute atomic E-state index is 11.9. The molecular formula is C14H19N3O3S. The van der Waals surface area contributed by atoms with Crippen LogP contribution < -0.4 is 0 Å². The first-order valence-corrected chi connectivity index (χ1v) is 8.06. The number of rotatable bonds is 3. The lowest BCUT2D eigenvalue weighted by Gasteiger charge is -2.45. The predicted molar refractivity (Wildman–Crippen MR) is 77.9 cm³/mol. The summed E-state index contributed by atoms with van der Waals surface area (Å²) in [5.41, 5.74) is 2.38. The van der Waals surface area contributed by atoms with Crippen LogP contribution in [0.4, 0.5) is 0 Å². The fourth-order valence-electron chi connectivity index (χ4n) is 3.63. The molecule has 2 aliphatic heterocycles. The van der Waals surface area contributed by atoms with Crippen LogP contribution in [-0.2, 0) is 16.1 Å². The number of carbonyl (C=O) groups excluding carboxylic acids is 1. The van der Waals surface area contributed by atoms with Crippen molar-refractivity contribution in [1.29, 1.82) is 0 Å². The van der Waals surface area contributed by atoms with E-state index in [-0.39, 0.29) is 12.3 Å². The first kappa shape index (κ1) is 14.5. The van der Waals surface area contributed by atoms with Gasteiger partial charge in [-0.1, -0.05) is 0 Å². The summed E-state index contributed by atoms with van der Waals surface area (Å²) in [7, 11) is 1.75. The SMILES string of the molecule is CN1C(=O)C[C@H](C(=O)O)C12CCN(Cc1cscn1)CC2. The van der Waals surface area contributed by atoms with E-state index in [1.807, 2.05) is 10.9 Å². The average Bonchev–Trinajstić information content (AvgIpc) is 3.04. The Balaban J connectivity index is 1.70. The van der Waals surface area contributed by atoms with Crippen molar-refractivity contribution < 1.29 is 14.7 Å². The summed E-state index contributed by atoms with van der Waals surface area (Å²) in [5.74, 6) is -1.47. The summed E-state index contributed by atoms with van der Waals surface area (Å²) < 4.78 is 0. The average molecular weight is 309 g/mol.